The molecular formula is C16H10Cl5NO4. The Morgan fingerprint density at radius 1 is 0.808 bits per heavy atom. The van der Waals surface area contributed by atoms with E-state index in [0.717, 1.165) is 7.11 Å². The minimum atomic E-state index is -0.837. The Labute approximate surface area is 174 Å². The molecule has 0 radical (unpaired) electrons. The lowest BCUT2D eigenvalue weighted by Crippen LogP contribution is -2.27. The van der Waals surface area contributed by atoms with E-state index in [4.69, 9.17) is 67.5 Å². The van der Waals surface area contributed by atoms with Crippen LogP contribution in [0.5, 0.6) is 0 Å². The second kappa shape index (κ2) is 8.55. The SMILES string of the molecule is COC(=O)C1=C(C(=O)OC)N(c2c(Cl)c(Cl)c(Cl)c(Cl)c2Cl)C=CC=C1. The zero-order valence-corrected chi connectivity index (χ0v) is 17.1. The molecule has 0 saturated heterocycles. The number of anilines is 1. The third kappa shape index (κ3) is 3.68. The Morgan fingerprint density at radius 3 is 1.81 bits per heavy atom. The van der Waals surface area contributed by atoms with Crippen LogP contribution < -0.4 is 4.90 Å². The van der Waals surface area contributed by atoms with Gasteiger partial charge in [-0.25, -0.2) is 9.59 Å². The first kappa shape index (κ1) is 20.9. The smallest absolute Gasteiger partial charge is 0.355 e. The molecule has 0 atom stereocenters. The molecule has 138 valence electrons. The summed E-state index contributed by atoms with van der Waals surface area (Å²) in [6, 6.07) is 0. The maximum atomic E-state index is 12.4. The van der Waals surface area contributed by atoms with Gasteiger partial charge >= 0.3 is 11.9 Å². The van der Waals surface area contributed by atoms with Crippen molar-refractivity contribution in [1.29, 1.82) is 0 Å². The van der Waals surface area contributed by atoms with Gasteiger partial charge in [0.2, 0.25) is 0 Å². The molecule has 0 spiro atoms. The molecule has 0 saturated carbocycles. The highest BCUT2D eigenvalue weighted by molar-refractivity contribution is 6.56. The lowest BCUT2D eigenvalue weighted by Gasteiger charge is -2.26. The maximum absolute atomic E-state index is 12.4. The fraction of sp³-hybridized carbons (Fsp3) is 0.125. The predicted molar refractivity (Wildman–Crippen MR) is 103 cm³/mol. The van der Waals surface area contributed by atoms with Gasteiger partial charge in [-0.05, 0) is 12.2 Å². The molecule has 1 aromatic carbocycles. The monoisotopic (exact) mass is 455 g/mol. The zero-order valence-electron chi connectivity index (χ0n) is 13.3. The second-order valence-corrected chi connectivity index (χ2v) is 6.62. The van der Waals surface area contributed by atoms with Gasteiger partial charge in [0.15, 0.2) is 0 Å². The molecule has 0 aromatic heterocycles. The van der Waals surface area contributed by atoms with Gasteiger partial charge in [-0.1, -0.05) is 64.1 Å². The molecule has 2 rings (SSSR count). The van der Waals surface area contributed by atoms with Crippen LogP contribution in [0, 0.1) is 0 Å². The van der Waals surface area contributed by atoms with Crippen LogP contribution in [0.2, 0.25) is 25.1 Å². The molecule has 26 heavy (non-hydrogen) atoms. The number of methoxy groups -OCH3 is 2. The predicted octanol–water partition coefficient (Wildman–Crippen LogP) is 5.44. The maximum Gasteiger partial charge on any atom is 0.355 e. The van der Waals surface area contributed by atoms with Crippen molar-refractivity contribution >= 4 is 75.6 Å². The molecular weight excluding hydrogens is 447 g/mol. The summed E-state index contributed by atoms with van der Waals surface area (Å²) in [4.78, 5) is 25.8. The van der Waals surface area contributed by atoms with Crippen molar-refractivity contribution in [3.63, 3.8) is 0 Å². The van der Waals surface area contributed by atoms with Gasteiger partial charge in [0.1, 0.15) is 5.70 Å². The first-order chi connectivity index (χ1) is 12.3. The Bertz CT molecular complexity index is 847. The van der Waals surface area contributed by atoms with Crippen molar-refractivity contribution in [3.05, 3.63) is 60.8 Å². The largest absolute Gasteiger partial charge is 0.465 e. The van der Waals surface area contributed by atoms with Gasteiger partial charge < -0.3 is 14.4 Å². The third-order valence-corrected chi connectivity index (χ3v) is 5.57. The van der Waals surface area contributed by atoms with Gasteiger partial charge in [-0.15, -0.1) is 0 Å². The highest BCUT2D eigenvalue weighted by atomic mass is 35.5. The minimum absolute atomic E-state index is 0.0409. The molecule has 1 aliphatic rings. The van der Waals surface area contributed by atoms with Crippen LogP contribution in [-0.4, -0.2) is 26.2 Å². The first-order valence-corrected chi connectivity index (χ1v) is 8.71. The Balaban J connectivity index is 2.87. The van der Waals surface area contributed by atoms with Gasteiger partial charge in [-0.2, -0.15) is 0 Å². The number of rotatable bonds is 3. The number of carbonyl (C=O) groups excluding carboxylic acids is 2. The van der Waals surface area contributed by atoms with E-state index in [-0.39, 0.29) is 42.1 Å². The third-order valence-electron chi connectivity index (χ3n) is 3.32. The van der Waals surface area contributed by atoms with Crippen LogP contribution >= 0.6 is 58.0 Å². The number of esters is 2. The number of ether oxygens (including phenoxy) is 2. The number of benzene rings is 1. The number of nitrogens with zero attached hydrogens (tertiary/aromatic N) is 1. The fourth-order valence-electron chi connectivity index (χ4n) is 2.14. The van der Waals surface area contributed by atoms with Gasteiger partial charge in [0, 0.05) is 6.20 Å². The van der Waals surface area contributed by atoms with Gasteiger partial charge in [-0.3, -0.25) is 0 Å². The van der Waals surface area contributed by atoms with E-state index in [1.165, 1.54) is 30.4 Å². The van der Waals surface area contributed by atoms with E-state index < -0.39 is 11.9 Å². The Hall–Kier alpha value is -1.37. The molecule has 0 amide bonds. The summed E-state index contributed by atoms with van der Waals surface area (Å²) in [5.74, 6) is -1.61. The summed E-state index contributed by atoms with van der Waals surface area (Å²) in [6.07, 6.45) is 5.89. The summed E-state index contributed by atoms with van der Waals surface area (Å²) in [6.45, 7) is 0. The van der Waals surface area contributed by atoms with Gasteiger partial charge in [0.25, 0.3) is 0 Å². The van der Waals surface area contributed by atoms with Crippen molar-refractivity contribution in [2.75, 3.05) is 19.1 Å². The molecule has 0 fully saturated rings. The van der Waals surface area contributed by atoms with E-state index in [2.05, 4.69) is 0 Å². The molecule has 1 heterocycles. The summed E-state index contributed by atoms with van der Waals surface area (Å²) in [5.41, 5.74) is -0.226. The van der Waals surface area contributed by atoms with Crippen LogP contribution in [0.4, 0.5) is 5.69 Å². The highest BCUT2D eigenvalue weighted by Crippen LogP contribution is 2.49. The van der Waals surface area contributed by atoms with Crippen molar-refractivity contribution in [1.82, 2.24) is 0 Å². The number of hydrogen-bond donors (Lipinski definition) is 0. The molecule has 5 nitrogen and oxygen atoms in total. The van der Waals surface area contributed by atoms with Crippen molar-refractivity contribution in [3.8, 4) is 0 Å². The quantitative estimate of drug-likeness (QED) is 0.344. The van der Waals surface area contributed by atoms with Crippen molar-refractivity contribution in [2.24, 2.45) is 0 Å². The minimum Gasteiger partial charge on any atom is -0.465 e. The van der Waals surface area contributed by atoms with Crippen molar-refractivity contribution in [2.45, 2.75) is 0 Å². The van der Waals surface area contributed by atoms with Crippen LogP contribution in [0.15, 0.2) is 35.7 Å². The molecule has 1 aromatic rings. The van der Waals surface area contributed by atoms with E-state index in [0.29, 0.717) is 0 Å². The Kier molecular flexibility index (Phi) is 6.88. The van der Waals surface area contributed by atoms with E-state index in [1.807, 2.05) is 0 Å². The van der Waals surface area contributed by atoms with E-state index in [1.54, 1.807) is 6.08 Å². The second-order valence-electron chi connectivity index (χ2n) is 4.73. The summed E-state index contributed by atoms with van der Waals surface area (Å²) < 4.78 is 9.53. The first-order valence-electron chi connectivity index (χ1n) is 6.82. The molecule has 0 N–H and O–H groups in total. The summed E-state index contributed by atoms with van der Waals surface area (Å²) in [5, 5.41) is -0.299. The lowest BCUT2D eigenvalue weighted by molar-refractivity contribution is -0.139. The standard InChI is InChI=1S/C16H10Cl5NO4/c1-25-15(23)7-5-3-4-6-22(13(7)16(24)26-2)14-11(20)9(18)8(17)10(19)12(14)21/h3-6H,1-2H3. The summed E-state index contributed by atoms with van der Waals surface area (Å²) >= 11 is 30.8. The molecule has 0 bridgehead atoms. The molecule has 1 aliphatic heterocycles. The topological polar surface area (TPSA) is 55.8 Å². The molecule has 0 unspecified atom stereocenters. The molecule has 0 aliphatic carbocycles. The number of allylic oxidation sites excluding steroid dienone is 2. The van der Waals surface area contributed by atoms with Crippen LogP contribution in [0.1, 0.15) is 0 Å². The Morgan fingerprint density at radius 2 is 1.31 bits per heavy atom. The average Bonchev–Trinajstić information content (AvgIpc) is 2.86. The normalized spacial score (nSPS) is 13.7. The summed E-state index contributed by atoms with van der Waals surface area (Å²) in [7, 11) is 2.34. The number of hydrogen-bond acceptors (Lipinski definition) is 5. The van der Waals surface area contributed by atoms with Crippen molar-refractivity contribution < 1.29 is 19.1 Å². The average molecular weight is 458 g/mol. The van der Waals surface area contributed by atoms with Crippen LogP contribution in [-0.2, 0) is 19.1 Å². The lowest BCUT2D eigenvalue weighted by atomic mass is 10.1. The number of halogens is 5. The van der Waals surface area contributed by atoms with Gasteiger partial charge in [0.05, 0.1) is 50.6 Å². The van der Waals surface area contributed by atoms with E-state index in [9.17, 15) is 9.59 Å². The van der Waals surface area contributed by atoms with E-state index >= 15 is 0 Å². The fourth-order valence-corrected chi connectivity index (χ4v) is 3.45. The van der Waals surface area contributed by atoms with Crippen LogP contribution in [0.3, 0.4) is 0 Å². The van der Waals surface area contributed by atoms with Crippen LogP contribution in [0.25, 0.3) is 0 Å². The highest BCUT2D eigenvalue weighted by Gasteiger charge is 2.32. The zero-order chi connectivity index (χ0) is 19.6. The number of carbonyl (C=O) groups is 2. The molecule has 10 heteroatoms.